The molecule has 8 heteroatoms. The number of phenols is 2. The summed E-state index contributed by atoms with van der Waals surface area (Å²) >= 11 is 6.30. The Morgan fingerprint density at radius 2 is 1.72 bits per heavy atom. The molecular weight excluding hydrogens is 518 g/mol. The molecular formula is C31H26ClNO6. The third-order valence-electron chi connectivity index (χ3n) is 8.52. The lowest BCUT2D eigenvalue weighted by Crippen LogP contribution is -2.40. The Kier molecular flexibility index (Phi) is 6.07. The molecule has 2 aromatic rings. The van der Waals surface area contributed by atoms with Gasteiger partial charge in [0.15, 0.2) is 11.6 Å². The highest BCUT2D eigenvalue weighted by atomic mass is 35.5. The molecule has 6 rings (SSSR count). The van der Waals surface area contributed by atoms with Crippen molar-refractivity contribution in [3.05, 3.63) is 93.1 Å². The number of benzene rings is 2. The van der Waals surface area contributed by atoms with E-state index >= 15 is 0 Å². The minimum Gasteiger partial charge on any atom is -0.508 e. The zero-order valence-corrected chi connectivity index (χ0v) is 21.9. The van der Waals surface area contributed by atoms with Crippen LogP contribution in [0.2, 0.25) is 5.02 Å². The predicted octanol–water partition coefficient (Wildman–Crippen LogP) is 4.42. The molecule has 3 aliphatic carbocycles. The number of Topliss-reactive ketones (excluding diaryl/α,β-unsaturated/α-hetero) is 1. The number of hydrogen-bond donors (Lipinski definition) is 2. The van der Waals surface area contributed by atoms with Crippen molar-refractivity contribution in [1.29, 1.82) is 0 Å². The highest BCUT2D eigenvalue weighted by molar-refractivity contribution is 6.30. The normalized spacial score (nSPS) is 26.3. The molecule has 39 heavy (non-hydrogen) atoms. The van der Waals surface area contributed by atoms with Crippen LogP contribution in [0, 0.1) is 17.8 Å². The summed E-state index contributed by atoms with van der Waals surface area (Å²) in [5, 5.41) is 20.8. The number of amides is 2. The van der Waals surface area contributed by atoms with Crippen LogP contribution < -0.4 is 0 Å². The van der Waals surface area contributed by atoms with E-state index < -0.39 is 23.7 Å². The molecule has 2 amide bonds. The number of carbonyl (C=O) groups is 4. The van der Waals surface area contributed by atoms with Gasteiger partial charge in [0.1, 0.15) is 11.5 Å². The van der Waals surface area contributed by atoms with Gasteiger partial charge in [0.05, 0.1) is 11.8 Å². The lowest BCUT2D eigenvalue weighted by Gasteiger charge is -2.42. The molecule has 0 spiro atoms. The van der Waals surface area contributed by atoms with E-state index in [-0.39, 0.29) is 47.8 Å². The predicted molar refractivity (Wildman–Crippen MR) is 143 cm³/mol. The summed E-state index contributed by atoms with van der Waals surface area (Å²) in [5.41, 5.74) is 3.04. The SMILES string of the molecule is CC1=CC(=O)C2=C(C1=O)C(c1cc(Cl)ccc1O)C1=CCC3C(=O)N(CCc4ccc(O)cc4)C(=O)C3C1C2. The van der Waals surface area contributed by atoms with Crippen LogP contribution in [-0.4, -0.2) is 45.0 Å². The number of hydrogen-bond acceptors (Lipinski definition) is 6. The first kappa shape index (κ1) is 25.3. The summed E-state index contributed by atoms with van der Waals surface area (Å²) in [6, 6.07) is 11.2. The van der Waals surface area contributed by atoms with E-state index in [1.165, 1.54) is 17.0 Å². The van der Waals surface area contributed by atoms with Gasteiger partial charge in [-0.3, -0.25) is 24.1 Å². The maximum atomic E-state index is 13.8. The molecule has 0 radical (unpaired) electrons. The highest BCUT2D eigenvalue weighted by Crippen LogP contribution is 2.56. The Morgan fingerprint density at radius 1 is 0.974 bits per heavy atom. The fourth-order valence-corrected chi connectivity index (χ4v) is 6.84. The average molecular weight is 544 g/mol. The number of allylic oxidation sites excluding steroid dienone is 6. The average Bonchev–Trinajstić information content (AvgIpc) is 3.16. The van der Waals surface area contributed by atoms with Crippen LogP contribution in [0.15, 0.2) is 76.9 Å². The number of rotatable bonds is 4. The fourth-order valence-electron chi connectivity index (χ4n) is 6.66. The largest absolute Gasteiger partial charge is 0.508 e. The van der Waals surface area contributed by atoms with E-state index in [1.807, 2.05) is 6.08 Å². The molecule has 198 valence electrons. The highest BCUT2D eigenvalue weighted by Gasteiger charge is 2.56. The molecule has 2 N–H and O–H groups in total. The minimum absolute atomic E-state index is 0.0586. The molecule has 1 fully saturated rings. The number of halogens is 1. The lowest BCUT2D eigenvalue weighted by atomic mass is 9.59. The Labute approximate surface area is 230 Å². The molecule has 1 aliphatic heterocycles. The van der Waals surface area contributed by atoms with Crippen molar-refractivity contribution in [2.45, 2.75) is 32.1 Å². The molecule has 7 nitrogen and oxygen atoms in total. The number of fused-ring (bicyclic) bond motifs is 3. The zero-order valence-electron chi connectivity index (χ0n) is 21.2. The second kappa shape index (κ2) is 9.35. The van der Waals surface area contributed by atoms with Gasteiger partial charge in [0, 0.05) is 39.8 Å². The van der Waals surface area contributed by atoms with Crippen LogP contribution in [0.25, 0.3) is 0 Å². The molecule has 4 unspecified atom stereocenters. The standard InChI is InChI=1S/C31H26ClNO6/c1-15-12-25(36)23-14-21-19(26(28(23)29(15)37)22-13-17(32)4-9-24(22)35)7-8-20-27(21)31(39)33(30(20)38)11-10-16-2-5-18(34)6-3-16/h2-7,9,12-13,20-21,26-27,34-35H,8,10-11,14H2,1H3. The van der Waals surface area contributed by atoms with E-state index in [0.717, 1.165) is 11.1 Å². The van der Waals surface area contributed by atoms with Crippen LogP contribution in [0.1, 0.15) is 36.8 Å². The first-order valence-corrected chi connectivity index (χ1v) is 13.4. The van der Waals surface area contributed by atoms with E-state index in [4.69, 9.17) is 11.6 Å². The number of likely N-dealkylation sites (tertiary alicyclic amines) is 1. The summed E-state index contributed by atoms with van der Waals surface area (Å²) in [4.78, 5) is 55.2. The minimum atomic E-state index is -0.743. The van der Waals surface area contributed by atoms with Gasteiger partial charge < -0.3 is 10.2 Å². The second-order valence-electron chi connectivity index (χ2n) is 10.7. The van der Waals surface area contributed by atoms with Gasteiger partial charge in [0.25, 0.3) is 0 Å². The lowest BCUT2D eigenvalue weighted by molar-refractivity contribution is -0.140. The number of nitrogens with zero attached hydrogens (tertiary/aromatic N) is 1. The fraction of sp³-hybridized carbons (Fsp3) is 0.290. The second-order valence-corrected chi connectivity index (χ2v) is 11.1. The summed E-state index contributed by atoms with van der Waals surface area (Å²) < 4.78 is 0. The number of ketones is 2. The topological polar surface area (TPSA) is 112 Å². The van der Waals surface area contributed by atoms with E-state index in [2.05, 4.69) is 0 Å². The van der Waals surface area contributed by atoms with Crippen molar-refractivity contribution in [3.63, 3.8) is 0 Å². The molecule has 1 saturated heterocycles. The van der Waals surface area contributed by atoms with Gasteiger partial charge in [-0.15, -0.1) is 0 Å². The Hall–Kier alpha value is -3.97. The molecule has 0 saturated carbocycles. The first-order valence-electron chi connectivity index (χ1n) is 13.0. The van der Waals surface area contributed by atoms with Crippen LogP contribution in [-0.2, 0) is 25.6 Å². The van der Waals surface area contributed by atoms with Crippen LogP contribution in [0.4, 0.5) is 0 Å². The number of carbonyl (C=O) groups excluding carboxylic acids is 4. The van der Waals surface area contributed by atoms with E-state index in [0.29, 0.717) is 40.1 Å². The molecule has 2 aromatic carbocycles. The third kappa shape index (κ3) is 4.03. The number of aromatic hydroxyl groups is 2. The third-order valence-corrected chi connectivity index (χ3v) is 8.75. The van der Waals surface area contributed by atoms with Gasteiger partial charge in [-0.25, -0.2) is 0 Å². The summed E-state index contributed by atoms with van der Waals surface area (Å²) in [5.74, 6) is -3.40. The van der Waals surface area contributed by atoms with Crippen LogP contribution in [0.3, 0.4) is 0 Å². The molecule has 4 atom stereocenters. The quantitative estimate of drug-likeness (QED) is 0.335. The summed E-state index contributed by atoms with van der Waals surface area (Å²) in [6.07, 6.45) is 4.21. The van der Waals surface area contributed by atoms with Crippen molar-refractivity contribution < 1.29 is 29.4 Å². The van der Waals surface area contributed by atoms with Crippen molar-refractivity contribution in [1.82, 2.24) is 4.90 Å². The number of phenolic OH excluding ortho intramolecular Hbond substituents is 2. The summed E-state index contributed by atoms with van der Waals surface area (Å²) in [6.45, 7) is 1.81. The molecule has 1 heterocycles. The van der Waals surface area contributed by atoms with E-state index in [9.17, 15) is 29.4 Å². The first-order chi connectivity index (χ1) is 18.7. The van der Waals surface area contributed by atoms with Gasteiger partial charge in [-0.2, -0.15) is 0 Å². The maximum Gasteiger partial charge on any atom is 0.233 e. The zero-order chi connectivity index (χ0) is 27.6. The maximum absolute atomic E-state index is 13.8. The van der Waals surface area contributed by atoms with Gasteiger partial charge in [0.2, 0.25) is 11.8 Å². The van der Waals surface area contributed by atoms with Crippen molar-refractivity contribution in [2.24, 2.45) is 17.8 Å². The molecule has 0 aromatic heterocycles. The monoisotopic (exact) mass is 543 g/mol. The van der Waals surface area contributed by atoms with Crippen LogP contribution in [0.5, 0.6) is 11.5 Å². The van der Waals surface area contributed by atoms with Gasteiger partial charge in [-0.1, -0.05) is 35.4 Å². The van der Waals surface area contributed by atoms with Crippen molar-refractivity contribution >= 4 is 35.0 Å². The van der Waals surface area contributed by atoms with Crippen molar-refractivity contribution in [3.8, 4) is 11.5 Å². The smallest absolute Gasteiger partial charge is 0.233 e. The Morgan fingerprint density at radius 3 is 2.46 bits per heavy atom. The molecule has 4 aliphatic rings. The Bertz CT molecular complexity index is 1550. The number of imide groups is 1. The summed E-state index contributed by atoms with van der Waals surface area (Å²) in [7, 11) is 0. The van der Waals surface area contributed by atoms with Crippen molar-refractivity contribution in [2.75, 3.05) is 6.54 Å². The van der Waals surface area contributed by atoms with Gasteiger partial charge >= 0.3 is 0 Å². The van der Waals surface area contributed by atoms with Gasteiger partial charge in [-0.05, 0) is 74.1 Å². The van der Waals surface area contributed by atoms with Crippen LogP contribution >= 0.6 is 11.6 Å². The molecule has 0 bridgehead atoms. The Balaban J connectivity index is 1.39. The van der Waals surface area contributed by atoms with E-state index in [1.54, 1.807) is 43.3 Å².